The molecule has 2 heterocycles. The minimum Gasteiger partial charge on any atom is -0.334 e. The summed E-state index contributed by atoms with van der Waals surface area (Å²) < 4.78 is 1.85. The van der Waals surface area contributed by atoms with Gasteiger partial charge in [-0.1, -0.05) is 12.1 Å². The lowest BCUT2D eigenvalue weighted by Gasteiger charge is -2.31. The van der Waals surface area contributed by atoms with Crippen molar-refractivity contribution in [3.63, 3.8) is 0 Å². The molecular formula is C21H31N5O. The Morgan fingerprint density at radius 3 is 2.81 bits per heavy atom. The Bertz CT molecular complexity index is 792. The van der Waals surface area contributed by atoms with Gasteiger partial charge in [-0.25, -0.2) is 9.48 Å². The third-order valence-electron chi connectivity index (χ3n) is 5.13. The van der Waals surface area contributed by atoms with Gasteiger partial charge in [0, 0.05) is 43.5 Å². The molecule has 1 N–H and O–H groups in total. The topological polar surface area (TPSA) is 53.4 Å². The van der Waals surface area contributed by atoms with E-state index in [4.69, 9.17) is 0 Å². The van der Waals surface area contributed by atoms with Gasteiger partial charge in [0.05, 0.1) is 18.4 Å². The number of nitrogens with zero attached hydrogens (tertiary/aromatic N) is 4. The number of carbonyl (C=O) groups excluding carboxylic acids is 1. The van der Waals surface area contributed by atoms with Crippen molar-refractivity contribution in [2.75, 3.05) is 20.1 Å². The van der Waals surface area contributed by atoms with Crippen molar-refractivity contribution in [1.82, 2.24) is 24.9 Å². The first-order chi connectivity index (χ1) is 12.7. The monoisotopic (exact) mass is 369 g/mol. The second kappa shape index (κ2) is 7.72. The molecule has 1 atom stereocenters. The van der Waals surface area contributed by atoms with Crippen LogP contribution in [0.2, 0.25) is 0 Å². The van der Waals surface area contributed by atoms with E-state index >= 15 is 0 Å². The Balaban J connectivity index is 1.55. The molecular weight excluding hydrogens is 338 g/mol. The van der Waals surface area contributed by atoms with E-state index in [1.165, 1.54) is 5.56 Å². The van der Waals surface area contributed by atoms with Gasteiger partial charge in [-0.3, -0.25) is 4.90 Å². The number of rotatable bonds is 4. The molecule has 1 aliphatic rings. The van der Waals surface area contributed by atoms with Gasteiger partial charge < -0.3 is 10.2 Å². The van der Waals surface area contributed by atoms with Crippen molar-refractivity contribution in [3.05, 3.63) is 47.8 Å². The molecule has 1 saturated heterocycles. The van der Waals surface area contributed by atoms with Crippen molar-refractivity contribution >= 4 is 6.03 Å². The fourth-order valence-corrected chi connectivity index (χ4v) is 3.47. The summed E-state index contributed by atoms with van der Waals surface area (Å²) in [5, 5.41) is 7.60. The van der Waals surface area contributed by atoms with Crippen molar-refractivity contribution < 1.29 is 4.79 Å². The summed E-state index contributed by atoms with van der Waals surface area (Å²) in [6.07, 6.45) is 4.81. The predicted octanol–water partition coefficient (Wildman–Crippen LogP) is 3.19. The van der Waals surface area contributed by atoms with Crippen LogP contribution in [0, 0.1) is 6.92 Å². The van der Waals surface area contributed by atoms with Crippen LogP contribution in [-0.4, -0.2) is 57.3 Å². The number of nitrogens with one attached hydrogen (secondary N) is 1. The average Bonchev–Trinajstić information content (AvgIpc) is 3.24. The fourth-order valence-electron chi connectivity index (χ4n) is 3.47. The van der Waals surface area contributed by atoms with Crippen molar-refractivity contribution in [3.8, 4) is 5.69 Å². The summed E-state index contributed by atoms with van der Waals surface area (Å²) in [7, 11) is 1.83. The minimum atomic E-state index is -0.0286. The van der Waals surface area contributed by atoms with Crippen LogP contribution in [0.25, 0.3) is 5.69 Å². The first-order valence-electron chi connectivity index (χ1n) is 9.59. The first-order valence-corrected chi connectivity index (χ1v) is 9.59. The van der Waals surface area contributed by atoms with E-state index in [2.05, 4.69) is 55.1 Å². The van der Waals surface area contributed by atoms with E-state index in [1.54, 1.807) is 4.90 Å². The van der Waals surface area contributed by atoms with Gasteiger partial charge in [-0.15, -0.1) is 0 Å². The first kappa shape index (κ1) is 19.4. The summed E-state index contributed by atoms with van der Waals surface area (Å²) in [6.45, 7) is 11.2. The number of aryl methyl sites for hydroxylation is 1. The predicted molar refractivity (Wildman–Crippen MR) is 108 cm³/mol. The van der Waals surface area contributed by atoms with Gasteiger partial charge in [-0.2, -0.15) is 5.10 Å². The van der Waals surface area contributed by atoms with Gasteiger partial charge >= 0.3 is 6.03 Å². The fraction of sp³-hybridized carbons (Fsp3) is 0.524. The molecule has 2 aromatic rings. The molecule has 6 heteroatoms. The molecule has 3 rings (SSSR count). The maximum absolute atomic E-state index is 12.6. The zero-order valence-electron chi connectivity index (χ0n) is 17.1. The van der Waals surface area contributed by atoms with Crippen LogP contribution in [0.3, 0.4) is 0 Å². The smallest absolute Gasteiger partial charge is 0.317 e. The number of amides is 2. The van der Waals surface area contributed by atoms with E-state index in [0.717, 1.165) is 30.8 Å². The summed E-state index contributed by atoms with van der Waals surface area (Å²) in [5.74, 6) is 0. The van der Waals surface area contributed by atoms with Crippen LogP contribution in [-0.2, 0) is 6.54 Å². The molecule has 0 bridgehead atoms. The van der Waals surface area contributed by atoms with Crippen LogP contribution < -0.4 is 5.32 Å². The second-order valence-corrected chi connectivity index (χ2v) is 8.54. The van der Waals surface area contributed by atoms with E-state index < -0.39 is 0 Å². The number of benzene rings is 1. The van der Waals surface area contributed by atoms with Gasteiger partial charge in [0.2, 0.25) is 0 Å². The van der Waals surface area contributed by atoms with Crippen molar-refractivity contribution in [1.29, 1.82) is 0 Å². The molecule has 0 aliphatic carbocycles. The van der Waals surface area contributed by atoms with Crippen molar-refractivity contribution in [2.45, 2.75) is 52.2 Å². The highest BCUT2D eigenvalue weighted by molar-refractivity contribution is 5.74. The minimum absolute atomic E-state index is 0.0286. The Morgan fingerprint density at radius 2 is 2.15 bits per heavy atom. The summed E-state index contributed by atoms with van der Waals surface area (Å²) in [4.78, 5) is 16.7. The van der Waals surface area contributed by atoms with Gasteiger partial charge in [0.1, 0.15) is 0 Å². The lowest BCUT2D eigenvalue weighted by atomic mass is 10.1. The molecule has 1 aliphatic heterocycles. The Morgan fingerprint density at radius 1 is 1.37 bits per heavy atom. The van der Waals surface area contributed by atoms with Gasteiger partial charge in [-0.05, 0) is 51.8 Å². The number of hydrogen-bond donors (Lipinski definition) is 1. The lowest BCUT2D eigenvalue weighted by molar-refractivity contribution is 0.168. The van der Waals surface area contributed by atoms with Gasteiger partial charge in [0.25, 0.3) is 0 Å². The Hall–Kier alpha value is -2.34. The molecule has 2 amide bonds. The molecule has 1 aromatic carbocycles. The van der Waals surface area contributed by atoms with Crippen LogP contribution in [0.5, 0.6) is 0 Å². The zero-order chi connectivity index (χ0) is 19.6. The molecule has 1 fully saturated rings. The van der Waals surface area contributed by atoms with E-state index in [1.807, 2.05) is 36.3 Å². The third-order valence-corrected chi connectivity index (χ3v) is 5.13. The largest absolute Gasteiger partial charge is 0.334 e. The van der Waals surface area contributed by atoms with Crippen LogP contribution >= 0.6 is 0 Å². The highest BCUT2D eigenvalue weighted by atomic mass is 16.2. The maximum atomic E-state index is 12.6. The molecule has 0 saturated carbocycles. The highest BCUT2D eigenvalue weighted by Crippen LogP contribution is 2.20. The Kier molecular flexibility index (Phi) is 5.56. The van der Waals surface area contributed by atoms with Crippen LogP contribution in [0.15, 0.2) is 36.7 Å². The number of aromatic nitrogens is 2. The lowest BCUT2D eigenvalue weighted by Crippen LogP contribution is -2.46. The molecule has 146 valence electrons. The van der Waals surface area contributed by atoms with Gasteiger partial charge in [0.15, 0.2) is 0 Å². The Labute approximate surface area is 162 Å². The summed E-state index contributed by atoms with van der Waals surface area (Å²) >= 11 is 0. The van der Waals surface area contributed by atoms with E-state index in [0.29, 0.717) is 6.54 Å². The normalized spacial score (nSPS) is 17.9. The van der Waals surface area contributed by atoms with Crippen LogP contribution in [0.4, 0.5) is 4.79 Å². The standard InChI is InChI=1S/C21H31N5O/c1-16-7-6-8-19(11-16)26-14-17(12-22-26)13-24(5)20(27)23-18-9-10-25(15-18)21(2,3)4/h6-8,11-12,14,18H,9-10,13,15H2,1-5H3,(H,23,27)/t18-/m1/s1. The molecule has 1 aromatic heterocycles. The van der Waals surface area contributed by atoms with Crippen molar-refractivity contribution in [2.24, 2.45) is 0 Å². The molecule has 6 nitrogen and oxygen atoms in total. The number of likely N-dealkylation sites (tertiary alicyclic amines) is 1. The van der Waals surface area contributed by atoms with E-state index in [9.17, 15) is 4.79 Å². The number of urea groups is 1. The zero-order valence-corrected chi connectivity index (χ0v) is 17.1. The SMILES string of the molecule is Cc1cccc(-n2cc(CN(C)C(=O)N[C@@H]3CCN(C(C)(C)C)C3)cn2)c1. The molecule has 0 unspecified atom stereocenters. The number of carbonyl (C=O) groups is 1. The molecule has 0 spiro atoms. The average molecular weight is 370 g/mol. The quantitative estimate of drug-likeness (QED) is 0.900. The van der Waals surface area contributed by atoms with E-state index in [-0.39, 0.29) is 17.6 Å². The highest BCUT2D eigenvalue weighted by Gasteiger charge is 2.31. The maximum Gasteiger partial charge on any atom is 0.317 e. The molecule has 27 heavy (non-hydrogen) atoms. The third kappa shape index (κ3) is 4.89. The molecule has 0 radical (unpaired) electrons. The number of hydrogen-bond acceptors (Lipinski definition) is 3. The van der Waals surface area contributed by atoms with Crippen LogP contribution in [0.1, 0.15) is 38.3 Å². The summed E-state index contributed by atoms with van der Waals surface area (Å²) in [5.41, 5.74) is 3.39. The summed E-state index contributed by atoms with van der Waals surface area (Å²) in [6, 6.07) is 8.40. The second-order valence-electron chi connectivity index (χ2n) is 8.54.